The lowest BCUT2D eigenvalue weighted by Crippen LogP contribution is -2.27. The van der Waals surface area contributed by atoms with Gasteiger partial charge in [0, 0.05) is 19.2 Å². The number of halogens is 1. The minimum atomic E-state index is -3.81. The van der Waals surface area contributed by atoms with Gasteiger partial charge in [0.25, 0.3) is 0 Å². The molecule has 0 spiro atoms. The molecule has 4 rings (SSSR count). The normalized spacial score (nSPS) is 13.4. The molecule has 1 aromatic carbocycles. The molecule has 0 unspecified atom stereocenters. The Morgan fingerprint density at radius 1 is 1.03 bits per heavy atom. The van der Waals surface area contributed by atoms with Crippen molar-refractivity contribution in [1.82, 2.24) is 34.5 Å². The van der Waals surface area contributed by atoms with Crippen molar-refractivity contribution < 1.29 is 22.3 Å². The third-order valence-corrected chi connectivity index (χ3v) is 8.15. The summed E-state index contributed by atoms with van der Waals surface area (Å²) in [6.07, 6.45) is 3.78. The first kappa shape index (κ1) is 25.2. The van der Waals surface area contributed by atoms with Crippen molar-refractivity contribution in [3.8, 4) is 28.7 Å². The van der Waals surface area contributed by atoms with Crippen molar-refractivity contribution >= 4 is 9.84 Å². The molecule has 190 valence electrons. The van der Waals surface area contributed by atoms with E-state index in [1.807, 2.05) is 0 Å². The summed E-state index contributed by atoms with van der Waals surface area (Å²) in [5, 5.41) is 12.0. The molecule has 0 aliphatic carbocycles. The lowest BCUT2D eigenvalue weighted by atomic mass is 10.1. The average Bonchev–Trinajstić information content (AvgIpc) is 3.48. The zero-order chi connectivity index (χ0) is 26.0. The maximum absolute atomic E-state index is 13.5. The van der Waals surface area contributed by atoms with E-state index in [0.29, 0.717) is 28.7 Å². The molecule has 2 atom stereocenters. The number of hydrogen-bond acceptors (Lipinski definition) is 9. The number of hydrogen-bond donors (Lipinski definition) is 0. The fourth-order valence-corrected chi connectivity index (χ4v) is 5.34. The lowest BCUT2D eigenvalue weighted by molar-refractivity contribution is 0.390. The van der Waals surface area contributed by atoms with Gasteiger partial charge in [-0.2, -0.15) is 5.10 Å². The summed E-state index contributed by atoms with van der Waals surface area (Å²) in [5.74, 6) is -0.0541. The number of methoxy groups -OCH3 is 2. The molecule has 0 aliphatic rings. The van der Waals surface area contributed by atoms with E-state index in [4.69, 9.17) is 9.47 Å². The summed E-state index contributed by atoms with van der Waals surface area (Å²) >= 11 is 0. The van der Waals surface area contributed by atoms with E-state index in [1.54, 1.807) is 60.6 Å². The third kappa shape index (κ3) is 4.78. The van der Waals surface area contributed by atoms with Crippen LogP contribution >= 0.6 is 0 Å². The summed E-state index contributed by atoms with van der Waals surface area (Å²) in [6, 6.07) is 6.97. The molecule has 0 radical (unpaired) electrons. The molecule has 4 aromatic rings. The lowest BCUT2D eigenvalue weighted by Gasteiger charge is -2.20. The highest BCUT2D eigenvalue weighted by Gasteiger charge is 2.33. The summed E-state index contributed by atoms with van der Waals surface area (Å²) in [6.45, 7) is 3.25. The van der Waals surface area contributed by atoms with Crippen molar-refractivity contribution in [1.29, 1.82) is 0 Å². The zero-order valence-corrected chi connectivity index (χ0v) is 21.3. The Bertz CT molecular complexity index is 1450. The monoisotopic (exact) mass is 515 g/mol. The highest BCUT2D eigenvalue weighted by Crippen LogP contribution is 2.36. The zero-order valence-electron chi connectivity index (χ0n) is 20.5. The number of aryl methyl sites for hydroxylation is 1. The van der Waals surface area contributed by atoms with E-state index in [0.717, 1.165) is 12.4 Å². The number of rotatable bonds is 9. The Kier molecular flexibility index (Phi) is 7.02. The Labute approximate surface area is 207 Å². The van der Waals surface area contributed by atoms with Crippen LogP contribution in [0.3, 0.4) is 0 Å². The molecular formula is C23H26FN7O4S. The van der Waals surface area contributed by atoms with Gasteiger partial charge in [-0.15, -0.1) is 10.2 Å². The van der Waals surface area contributed by atoms with Crippen LogP contribution in [0.15, 0.2) is 42.9 Å². The number of sulfone groups is 1. The molecule has 3 heterocycles. The van der Waals surface area contributed by atoms with Crippen LogP contribution < -0.4 is 9.47 Å². The number of para-hydroxylation sites is 1. The van der Waals surface area contributed by atoms with Crippen LogP contribution in [0, 0.1) is 5.82 Å². The number of ether oxygens (including phenoxy) is 2. The number of benzene rings is 1. The number of aromatic nitrogens is 7. The standard InChI is InChI=1S/C23H26FN7O4S/c1-14(22-25-11-16(24)12-26-22)15(2)36(32,33)13-20-27-28-23(17-9-10-30(3)29-17)31(20)21-18(34-4)7-6-8-19(21)35-5/h6-12,14-15H,13H2,1-5H3/t14-,15-/m0/s1. The fourth-order valence-electron chi connectivity index (χ4n) is 3.79. The van der Waals surface area contributed by atoms with E-state index in [9.17, 15) is 12.8 Å². The van der Waals surface area contributed by atoms with Crippen LogP contribution in [-0.4, -0.2) is 62.4 Å². The molecule has 3 aromatic heterocycles. The van der Waals surface area contributed by atoms with E-state index in [2.05, 4.69) is 25.3 Å². The van der Waals surface area contributed by atoms with Crippen LogP contribution in [0.25, 0.3) is 17.2 Å². The van der Waals surface area contributed by atoms with E-state index >= 15 is 0 Å². The molecule has 36 heavy (non-hydrogen) atoms. The first-order valence-corrected chi connectivity index (χ1v) is 12.7. The van der Waals surface area contributed by atoms with Gasteiger partial charge in [-0.3, -0.25) is 9.25 Å². The quantitative estimate of drug-likeness (QED) is 0.331. The molecule has 0 saturated heterocycles. The van der Waals surface area contributed by atoms with E-state index in [1.165, 1.54) is 14.2 Å². The van der Waals surface area contributed by atoms with E-state index < -0.39 is 32.6 Å². The van der Waals surface area contributed by atoms with Gasteiger partial charge >= 0.3 is 0 Å². The fraction of sp³-hybridized carbons (Fsp3) is 0.348. The van der Waals surface area contributed by atoms with Gasteiger partial charge in [0.2, 0.25) is 0 Å². The summed E-state index contributed by atoms with van der Waals surface area (Å²) < 4.78 is 54.6. The molecule has 0 fully saturated rings. The smallest absolute Gasteiger partial charge is 0.189 e. The van der Waals surface area contributed by atoms with Gasteiger partial charge in [0.15, 0.2) is 27.3 Å². The molecule has 0 N–H and O–H groups in total. The largest absolute Gasteiger partial charge is 0.494 e. The van der Waals surface area contributed by atoms with Crippen molar-refractivity contribution in [2.45, 2.75) is 30.8 Å². The van der Waals surface area contributed by atoms with Crippen molar-refractivity contribution in [3.05, 3.63) is 60.3 Å². The second-order valence-corrected chi connectivity index (χ2v) is 10.6. The average molecular weight is 516 g/mol. The second kappa shape index (κ2) is 10.0. The molecule has 13 heteroatoms. The van der Waals surface area contributed by atoms with Gasteiger partial charge < -0.3 is 9.47 Å². The van der Waals surface area contributed by atoms with Crippen molar-refractivity contribution in [3.63, 3.8) is 0 Å². The van der Waals surface area contributed by atoms with E-state index in [-0.39, 0.29) is 11.6 Å². The molecule has 0 saturated carbocycles. The van der Waals surface area contributed by atoms with Gasteiger partial charge in [-0.25, -0.2) is 22.8 Å². The van der Waals surface area contributed by atoms with Crippen LogP contribution in [-0.2, 0) is 22.6 Å². The molecule has 11 nitrogen and oxygen atoms in total. The minimum absolute atomic E-state index is 0.150. The van der Waals surface area contributed by atoms with Crippen LogP contribution in [0.1, 0.15) is 31.4 Å². The van der Waals surface area contributed by atoms with Crippen molar-refractivity contribution in [2.24, 2.45) is 7.05 Å². The molecule has 0 amide bonds. The van der Waals surface area contributed by atoms with Crippen LogP contribution in [0.2, 0.25) is 0 Å². The maximum atomic E-state index is 13.5. The number of nitrogens with zero attached hydrogens (tertiary/aromatic N) is 7. The molecule has 0 bridgehead atoms. The molecular weight excluding hydrogens is 489 g/mol. The highest BCUT2D eigenvalue weighted by atomic mass is 32.2. The first-order chi connectivity index (χ1) is 17.2. The Hall–Kier alpha value is -3.87. The van der Waals surface area contributed by atoms with Crippen LogP contribution in [0.5, 0.6) is 11.5 Å². The van der Waals surface area contributed by atoms with Gasteiger partial charge in [0.05, 0.1) is 31.9 Å². The van der Waals surface area contributed by atoms with Crippen LogP contribution in [0.4, 0.5) is 4.39 Å². The maximum Gasteiger partial charge on any atom is 0.189 e. The Balaban J connectivity index is 1.81. The highest BCUT2D eigenvalue weighted by molar-refractivity contribution is 7.91. The predicted octanol–water partition coefficient (Wildman–Crippen LogP) is 2.72. The van der Waals surface area contributed by atoms with Gasteiger partial charge in [-0.05, 0) is 25.1 Å². The van der Waals surface area contributed by atoms with Gasteiger partial charge in [-0.1, -0.05) is 13.0 Å². The van der Waals surface area contributed by atoms with Crippen molar-refractivity contribution in [2.75, 3.05) is 14.2 Å². The van der Waals surface area contributed by atoms with Gasteiger partial charge in [0.1, 0.15) is 34.5 Å². The first-order valence-electron chi connectivity index (χ1n) is 11.0. The Morgan fingerprint density at radius 2 is 1.67 bits per heavy atom. The molecule has 0 aliphatic heterocycles. The SMILES string of the molecule is COc1cccc(OC)c1-n1c(CS(=O)(=O)[C@@H](C)[C@H](C)c2ncc(F)cn2)nnc1-c1ccn(C)n1. The third-order valence-electron chi connectivity index (χ3n) is 5.95. The predicted molar refractivity (Wildman–Crippen MR) is 129 cm³/mol. The topological polar surface area (TPSA) is 127 Å². The summed E-state index contributed by atoms with van der Waals surface area (Å²) in [4.78, 5) is 7.90. The second-order valence-electron chi connectivity index (χ2n) is 8.22. The minimum Gasteiger partial charge on any atom is -0.494 e. The summed E-state index contributed by atoms with van der Waals surface area (Å²) in [7, 11) is 0.967. The Morgan fingerprint density at radius 3 is 2.22 bits per heavy atom. The summed E-state index contributed by atoms with van der Waals surface area (Å²) in [5.41, 5.74) is 0.934.